The molecule has 1 amide bonds. The van der Waals surface area contributed by atoms with Crippen molar-refractivity contribution in [2.75, 3.05) is 0 Å². The average molecular weight is 193 g/mol. The third-order valence-corrected chi connectivity index (χ3v) is 2.43. The number of hydrogen-bond donors (Lipinski definition) is 2. The summed E-state index contributed by atoms with van der Waals surface area (Å²) < 4.78 is 0. The summed E-state index contributed by atoms with van der Waals surface area (Å²) in [6.07, 6.45) is 5.81. The highest BCUT2D eigenvalue weighted by Gasteiger charge is 2.20. The average Bonchev–Trinajstić information content (AvgIpc) is 2.39. The summed E-state index contributed by atoms with van der Waals surface area (Å²) in [5.74, 6) is 0.286. The first kappa shape index (κ1) is 11.7. The molecular formula is C8H17ClN2O. The minimum Gasteiger partial charge on any atom is -0.368 e. The normalized spacial score (nSPS) is 20.1. The molecule has 1 rings (SSSR count). The highest BCUT2D eigenvalue weighted by atomic mass is 35.5. The van der Waals surface area contributed by atoms with Gasteiger partial charge in [-0.05, 0) is 12.3 Å². The van der Waals surface area contributed by atoms with Crippen molar-refractivity contribution in [2.45, 2.75) is 38.1 Å². The van der Waals surface area contributed by atoms with Gasteiger partial charge in [0.1, 0.15) is 0 Å². The van der Waals surface area contributed by atoms with Gasteiger partial charge >= 0.3 is 0 Å². The Morgan fingerprint density at radius 3 is 2.33 bits per heavy atom. The summed E-state index contributed by atoms with van der Waals surface area (Å²) in [5.41, 5.74) is 10.6. The second kappa shape index (κ2) is 5.38. The van der Waals surface area contributed by atoms with E-state index in [4.69, 9.17) is 11.5 Å². The van der Waals surface area contributed by atoms with Gasteiger partial charge < -0.3 is 11.5 Å². The van der Waals surface area contributed by atoms with Crippen LogP contribution >= 0.6 is 12.4 Å². The van der Waals surface area contributed by atoms with Gasteiger partial charge in [0.05, 0.1) is 6.04 Å². The fraction of sp³-hybridized carbons (Fsp3) is 0.875. The molecule has 0 spiro atoms. The Hall–Kier alpha value is -0.280. The zero-order chi connectivity index (χ0) is 8.27. The Bertz CT molecular complexity index is 146. The van der Waals surface area contributed by atoms with Gasteiger partial charge in [0.15, 0.2) is 0 Å². The first-order chi connectivity index (χ1) is 5.20. The fourth-order valence-electron chi connectivity index (χ4n) is 1.72. The van der Waals surface area contributed by atoms with Crippen LogP contribution in [0.15, 0.2) is 0 Å². The molecule has 1 aliphatic rings. The zero-order valence-electron chi connectivity index (χ0n) is 7.16. The number of primary amides is 1. The van der Waals surface area contributed by atoms with Crippen LogP contribution in [0.1, 0.15) is 32.1 Å². The number of nitrogens with two attached hydrogens (primary N) is 2. The molecule has 0 aromatic heterocycles. The van der Waals surface area contributed by atoms with Crippen LogP contribution in [0, 0.1) is 5.92 Å². The number of hydrogen-bond acceptors (Lipinski definition) is 2. The van der Waals surface area contributed by atoms with Crippen molar-refractivity contribution in [2.24, 2.45) is 17.4 Å². The summed E-state index contributed by atoms with van der Waals surface area (Å²) in [4.78, 5) is 10.6. The third kappa shape index (κ3) is 3.41. The van der Waals surface area contributed by atoms with E-state index in [-0.39, 0.29) is 18.3 Å². The maximum absolute atomic E-state index is 10.6. The van der Waals surface area contributed by atoms with Crippen LogP contribution in [0.5, 0.6) is 0 Å². The molecular weight excluding hydrogens is 176 g/mol. The van der Waals surface area contributed by atoms with Gasteiger partial charge in [0, 0.05) is 0 Å². The molecule has 1 saturated carbocycles. The van der Waals surface area contributed by atoms with Gasteiger partial charge in [-0.15, -0.1) is 12.4 Å². The van der Waals surface area contributed by atoms with Crippen LogP contribution in [0.25, 0.3) is 0 Å². The molecule has 0 bridgehead atoms. The molecule has 72 valence electrons. The van der Waals surface area contributed by atoms with Crippen LogP contribution < -0.4 is 11.5 Å². The summed E-state index contributed by atoms with van der Waals surface area (Å²) in [5, 5.41) is 0. The highest BCUT2D eigenvalue weighted by Crippen LogP contribution is 2.27. The van der Waals surface area contributed by atoms with Gasteiger partial charge in [-0.2, -0.15) is 0 Å². The molecule has 0 heterocycles. The fourth-order valence-corrected chi connectivity index (χ4v) is 1.72. The molecule has 1 aliphatic carbocycles. The van der Waals surface area contributed by atoms with E-state index in [0.717, 1.165) is 6.42 Å². The van der Waals surface area contributed by atoms with Crippen molar-refractivity contribution in [1.82, 2.24) is 0 Å². The minimum absolute atomic E-state index is 0. The summed E-state index contributed by atoms with van der Waals surface area (Å²) >= 11 is 0. The lowest BCUT2D eigenvalue weighted by atomic mass is 9.99. The van der Waals surface area contributed by atoms with Gasteiger partial charge in [-0.25, -0.2) is 0 Å². The molecule has 0 saturated heterocycles. The molecule has 4 N–H and O–H groups in total. The Labute approximate surface area is 79.3 Å². The number of carbonyl (C=O) groups is 1. The number of amides is 1. The topological polar surface area (TPSA) is 69.1 Å². The van der Waals surface area contributed by atoms with Crippen molar-refractivity contribution >= 4 is 18.3 Å². The highest BCUT2D eigenvalue weighted by molar-refractivity contribution is 5.85. The summed E-state index contributed by atoms with van der Waals surface area (Å²) in [7, 11) is 0. The maximum Gasteiger partial charge on any atom is 0.234 e. The smallest absolute Gasteiger partial charge is 0.234 e. The number of carbonyl (C=O) groups excluding carboxylic acids is 1. The van der Waals surface area contributed by atoms with Crippen molar-refractivity contribution in [3.8, 4) is 0 Å². The van der Waals surface area contributed by atoms with Gasteiger partial charge in [0.25, 0.3) is 0 Å². The second-order valence-corrected chi connectivity index (χ2v) is 3.40. The maximum atomic E-state index is 10.6. The van der Waals surface area contributed by atoms with E-state index in [1.54, 1.807) is 0 Å². The van der Waals surface area contributed by atoms with Crippen molar-refractivity contribution in [3.05, 3.63) is 0 Å². The van der Waals surface area contributed by atoms with Crippen LogP contribution in [-0.2, 0) is 4.79 Å². The molecule has 4 heteroatoms. The van der Waals surface area contributed by atoms with Gasteiger partial charge in [0.2, 0.25) is 5.91 Å². The Morgan fingerprint density at radius 2 is 1.92 bits per heavy atom. The molecule has 0 aromatic rings. The monoisotopic (exact) mass is 192 g/mol. The molecule has 0 aliphatic heterocycles. The van der Waals surface area contributed by atoms with E-state index >= 15 is 0 Å². The van der Waals surface area contributed by atoms with Crippen molar-refractivity contribution in [1.29, 1.82) is 0 Å². The molecule has 0 aromatic carbocycles. The standard InChI is InChI=1S/C8H16N2O.ClH/c9-7(8(10)11)5-6-3-1-2-4-6;/h6-7H,1-5,9H2,(H2,10,11);1H. The first-order valence-corrected chi connectivity index (χ1v) is 4.25. The predicted octanol–water partition coefficient (Wildman–Crippen LogP) is 0.801. The van der Waals surface area contributed by atoms with Crippen LogP contribution in [0.3, 0.4) is 0 Å². The lowest BCUT2D eigenvalue weighted by Gasteiger charge is -2.12. The van der Waals surface area contributed by atoms with Crippen LogP contribution in [0.2, 0.25) is 0 Å². The summed E-state index contributed by atoms with van der Waals surface area (Å²) in [6.45, 7) is 0. The van der Waals surface area contributed by atoms with E-state index < -0.39 is 6.04 Å². The summed E-state index contributed by atoms with van der Waals surface area (Å²) in [6, 6.07) is -0.418. The van der Waals surface area contributed by atoms with E-state index in [1.165, 1.54) is 25.7 Å². The Morgan fingerprint density at radius 1 is 1.42 bits per heavy atom. The van der Waals surface area contributed by atoms with Crippen molar-refractivity contribution in [3.63, 3.8) is 0 Å². The lowest BCUT2D eigenvalue weighted by Crippen LogP contribution is -2.37. The predicted molar refractivity (Wildman–Crippen MR) is 51.0 cm³/mol. The molecule has 0 radical (unpaired) electrons. The number of halogens is 1. The lowest BCUT2D eigenvalue weighted by molar-refractivity contribution is -0.119. The van der Waals surface area contributed by atoms with Gasteiger partial charge in [-0.3, -0.25) is 4.79 Å². The zero-order valence-corrected chi connectivity index (χ0v) is 7.98. The molecule has 3 nitrogen and oxygen atoms in total. The SMILES string of the molecule is Cl.NC(=O)C(N)CC1CCCC1. The largest absolute Gasteiger partial charge is 0.368 e. The molecule has 1 atom stereocenters. The quantitative estimate of drug-likeness (QED) is 0.695. The van der Waals surface area contributed by atoms with Crippen LogP contribution in [-0.4, -0.2) is 11.9 Å². The van der Waals surface area contributed by atoms with Crippen molar-refractivity contribution < 1.29 is 4.79 Å². The Kier molecular flexibility index (Phi) is 5.25. The van der Waals surface area contributed by atoms with Gasteiger partial charge in [-0.1, -0.05) is 25.7 Å². The third-order valence-electron chi connectivity index (χ3n) is 2.43. The molecule has 1 unspecified atom stereocenters. The van der Waals surface area contributed by atoms with E-state index in [9.17, 15) is 4.79 Å². The Balaban J connectivity index is 0.00000121. The number of rotatable bonds is 3. The molecule has 12 heavy (non-hydrogen) atoms. The van der Waals surface area contributed by atoms with E-state index in [2.05, 4.69) is 0 Å². The van der Waals surface area contributed by atoms with E-state index in [1.807, 2.05) is 0 Å². The van der Waals surface area contributed by atoms with Crippen LogP contribution in [0.4, 0.5) is 0 Å². The second-order valence-electron chi connectivity index (χ2n) is 3.40. The minimum atomic E-state index is -0.418. The van der Waals surface area contributed by atoms with E-state index in [0.29, 0.717) is 5.92 Å². The first-order valence-electron chi connectivity index (χ1n) is 4.25. The molecule has 1 fully saturated rings.